The smallest absolute Gasteiger partial charge is 0.243 e. The first-order valence-electron chi connectivity index (χ1n) is 10.5. The van der Waals surface area contributed by atoms with Gasteiger partial charge in [-0.3, -0.25) is 4.79 Å². The Kier molecular flexibility index (Phi) is 6.38. The van der Waals surface area contributed by atoms with E-state index in [2.05, 4.69) is 10.3 Å². The molecule has 31 heavy (non-hydrogen) atoms. The molecule has 2 N–H and O–H groups in total. The highest BCUT2D eigenvalue weighted by Crippen LogP contribution is 2.27. The van der Waals surface area contributed by atoms with Gasteiger partial charge in [0.05, 0.1) is 4.90 Å². The molecule has 0 bridgehead atoms. The summed E-state index contributed by atoms with van der Waals surface area (Å²) in [6.45, 7) is 0.852. The Morgan fingerprint density at radius 1 is 1.13 bits per heavy atom. The van der Waals surface area contributed by atoms with Crippen molar-refractivity contribution in [2.45, 2.75) is 43.0 Å². The number of sulfonamides is 1. The zero-order chi connectivity index (χ0) is 21.8. The number of nitrogens with one attached hydrogen (secondary N) is 2. The Morgan fingerprint density at radius 2 is 1.90 bits per heavy atom. The van der Waals surface area contributed by atoms with Gasteiger partial charge in [-0.2, -0.15) is 4.31 Å². The van der Waals surface area contributed by atoms with Gasteiger partial charge in [-0.05, 0) is 55.2 Å². The molecule has 0 aliphatic carbocycles. The topological polar surface area (TPSA) is 82.3 Å². The normalized spacial score (nSPS) is 17.6. The van der Waals surface area contributed by atoms with Crippen LogP contribution < -0.4 is 5.32 Å². The Balaban J connectivity index is 1.37. The zero-order valence-electron chi connectivity index (χ0n) is 17.2. The molecule has 0 radical (unpaired) electrons. The first-order valence-corrected chi connectivity index (χ1v) is 12.0. The Labute approximate surface area is 181 Å². The van der Waals surface area contributed by atoms with Crippen LogP contribution in [0.1, 0.15) is 31.2 Å². The number of H-pyrrole nitrogens is 1. The molecule has 4 rings (SSSR count). The third-order valence-corrected chi connectivity index (χ3v) is 7.77. The molecule has 2 aromatic carbocycles. The number of aromatic amines is 1. The van der Waals surface area contributed by atoms with E-state index in [0.29, 0.717) is 25.9 Å². The number of hydrogen-bond donors (Lipinski definition) is 2. The van der Waals surface area contributed by atoms with Crippen LogP contribution in [0.3, 0.4) is 0 Å². The molecule has 1 atom stereocenters. The summed E-state index contributed by atoms with van der Waals surface area (Å²) in [5.74, 6) is -0.644. The molecule has 1 aliphatic heterocycles. The van der Waals surface area contributed by atoms with Crippen LogP contribution in [0.4, 0.5) is 4.39 Å². The molecule has 164 valence electrons. The number of carbonyl (C=O) groups is 1. The number of halogens is 1. The Hall–Kier alpha value is -2.71. The quantitative estimate of drug-likeness (QED) is 0.585. The van der Waals surface area contributed by atoms with Crippen molar-refractivity contribution in [3.63, 3.8) is 0 Å². The molecule has 0 saturated carbocycles. The third-order valence-electron chi connectivity index (χ3n) is 5.81. The molecular formula is C23H26FN3O3S. The fourth-order valence-corrected chi connectivity index (χ4v) is 5.89. The van der Waals surface area contributed by atoms with Crippen LogP contribution in [0.15, 0.2) is 59.6 Å². The Bertz CT molecular complexity index is 1160. The number of benzene rings is 2. The highest BCUT2D eigenvalue weighted by Gasteiger charge is 2.34. The highest BCUT2D eigenvalue weighted by atomic mass is 32.2. The van der Waals surface area contributed by atoms with Crippen LogP contribution in [-0.2, 0) is 21.2 Å². The first kappa shape index (κ1) is 21.5. The SMILES string of the molecule is O=C(CC1CCCCN1S(=O)(=O)c1ccc(F)cc1)NCCc1c[nH]c2ccccc12. The number of carbonyl (C=O) groups excluding carboxylic acids is 1. The highest BCUT2D eigenvalue weighted by molar-refractivity contribution is 7.89. The fourth-order valence-electron chi connectivity index (χ4n) is 4.20. The van der Waals surface area contributed by atoms with Crippen molar-refractivity contribution in [1.82, 2.24) is 14.6 Å². The van der Waals surface area contributed by atoms with E-state index in [4.69, 9.17) is 0 Å². The maximum absolute atomic E-state index is 13.2. The summed E-state index contributed by atoms with van der Waals surface area (Å²) in [5.41, 5.74) is 2.20. The molecule has 1 aromatic heterocycles. The van der Waals surface area contributed by atoms with E-state index in [1.165, 1.54) is 16.4 Å². The molecule has 2 heterocycles. The van der Waals surface area contributed by atoms with Gasteiger partial charge in [-0.15, -0.1) is 0 Å². The average molecular weight is 444 g/mol. The standard InChI is InChI=1S/C23H26FN3O3S/c24-18-8-10-20(11-9-18)31(29,30)27-14-4-3-5-19(27)15-23(28)25-13-12-17-16-26-22-7-2-1-6-21(17)22/h1-2,6-11,16,19,26H,3-5,12-15H2,(H,25,28). The summed E-state index contributed by atoms with van der Waals surface area (Å²) in [7, 11) is -3.77. The molecule has 1 unspecified atom stereocenters. The maximum atomic E-state index is 13.2. The largest absolute Gasteiger partial charge is 0.361 e. The number of fused-ring (bicyclic) bond motifs is 1. The van der Waals surface area contributed by atoms with Gasteiger partial charge < -0.3 is 10.3 Å². The molecular weight excluding hydrogens is 417 g/mol. The van der Waals surface area contributed by atoms with Crippen LogP contribution >= 0.6 is 0 Å². The number of para-hydroxylation sites is 1. The molecule has 1 saturated heterocycles. The van der Waals surface area contributed by atoms with Crippen LogP contribution in [0.5, 0.6) is 0 Å². The number of hydrogen-bond acceptors (Lipinski definition) is 3. The molecule has 1 fully saturated rings. The van der Waals surface area contributed by atoms with Crippen molar-refractivity contribution in [2.75, 3.05) is 13.1 Å². The number of rotatable bonds is 7. The molecule has 8 heteroatoms. The lowest BCUT2D eigenvalue weighted by Crippen LogP contribution is -2.46. The van der Waals surface area contributed by atoms with E-state index < -0.39 is 21.9 Å². The van der Waals surface area contributed by atoms with E-state index in [0.717, 1.165) is 41.4 Å². The van der Waals surface area contributed by atoms with Gasteiger partial charge in [0, 0.05) is 42.7 Å². The predicted molar refractivity (Wildman–Crippen MR) is 118 cm³/mol. The van der Waals surface area contributed by atoms with Crippen molar-refractivity contribution in [3.05, 3.63) is 66.1 Å². The van der Waals surface area contributed by atoms with Crippen LogP contribution in [0.2, 0.25) is 0 Å². The number of aromatic nitrogens is 1. The van der Waals surface area contributed by atoms with Crippen molar-refractivity contribution in [2.24, 2.45) is 0 Å². The summed E-state index contributed by atoms with van der Waals surface area (Å²) < 4.78 is 40.7. The summed E-state index contributed by atoms with van der Waals surface area (Å²) in [6, 6.07) is 12.5. The first-order chi connectivity index (χ1) is 14.9. The van der Waals surface area contributed by atoms with Gasteiger partial charge in [-0.25, -0.2) is 12.8 Å². The summed E-state index contributed by atoms with van der Waals surface area (Å²) in [6.07, 6.45) is 5.03. The average Bonchev–Trinajstić information content (AvgIpc) is 3.17. The Morgan fingerprint density at radius 3 is 2.71 bits per heavy atom. The van der Waals surface area contributed by atoms with Gasteiger partial charge in [0.2, 0.25) is 15.9 Å². The van der Waals surface area contributed by atoms with Crippen molar-refractivity contribution >= 4 is 26.8 Å². The molecule has 1 amide bonds. The number of amides is 1. The second-order valence-electron chi connectivity index (χ2n) is 7.88. The summed E-state index contributed by atoms with van der Waals surface area (Å²) in [4.78, 5) is 15.8. The number of piperidine rings is 1. The van der Waals surface area contributed by atoms with Gasteiger partial charge in [0.25, 0.3) is 0 Å². The van der Waals surface area contributed by atoms with E-state index in [1.54, 1.807) is 0 Å². The van der Waals surface area contributed by atoms with Crippen molar-refractivity contribution in [3.8, 4) is 0 Å². The van der Waals surface area contributed by atoms with Crippen LogP contribution in [0.25, 0.3) is 10.9 Å². The van der Waals surface area contributed by atoms with E-state index in [1.807, 2.05) is 30.5 Å². The lowest BCUT2D eigenvalue weighted by Gasteiger charge is -2.34. The van der Waals surface area contributed by atoms with E-state index in [9.17, 15) is 17.6 Å². The summed E-state index contributed by atoms with van der Waals surface area (Å²) >= 11 is 0. The van der Waals surface area contributed by atoms with Gasteiger partial charge in [0.15, 0.2) is 0 Å². The van der Waals surface area contributed by atoms with E-state index in [-0.39, 0.29) is 17.2 Å². The van der Waals surface area contributed by atoms with E-state index >= 15 is 0 Å². The maximum Gasteiger partial charge on any atom is 0.243 e. The molecule has 3 aromatic rings. The van der Waals surface area contributed by atoms with Gasteiger partial charge in [0.1, 0.15) is 5.82 Å². The summed E-state index contributed by atoms with van der Waals surface area (Å²) in [5, 5.41) is 4.07. The van der Waals surface area contributed by atoms with Gasteiger partial charge >= 0.3 is 0 Å². The van der Waals surface area contributed by atoms with Crippen LogP contribution in [0, 0.1) is 5.82 Å². The lowest BCUT2D eigenvalue weighted by atomic mass is 10.0. The minimum atomic E-state index is -3.77. The minimum absolute atomic E-state index is 0.0561. The van der Waals surface area contributed by atoms with Crippen molar-refractivity contribution < 1.29 is 17.6 Å². The van der Waals surface area contributed by atoms with Crippen molar-refractivity contribution in [1.29, 1.82) is 0 Å². The third kappa shape index (κ3) is 4.80. The zero-order valence-corrected chi connectivity index (χ0v) is 18.0. The lowest BCUT2D eigenvalue weighted by molar-refractivity contribution is -0.122. The second kappa shape index (κ2) is 9.20. The second-order valence-corrected chi connectivity index (χ2v) is 9.77. The molecule has 6 nitrogen and oxygen atoms in total. The fraction of sp³-hybridized carbons (Fsp3) is 0.348. The molecule has 0 spiro atoms. The molecule has 1 aliphatic rings. The monoisotopic (exact) mass is 443 g/mol. The number of nitrogens with zero attached hydrogens (tertiary/aromatic N) is 1. The van der Waals surface area contributed by atoms with Crippen LogP contribution in [-0.4, -0.2) is 42.7 Å². The predicted octanol–water partition coefficient (Wildman–Crippen LogP) is 3.60. The van der Waals surface area contributed by atoms with Gasteiger partial charge in [-0.1, -0.05) is 24.6 Å². The minimum Gasteiger partial charge on any atom is -0.361 e.